The van der Waals surface area contributed by atoms with Gasteiger partial charge in [0.1, 0.15) is 18.0 Å². The second kappa shape index (κ2) is 11.1. The first-order valence-electron chi connectivity index (χ1n) is 11.2. The number of ketones is 1. The molecule has 0 spiro atoms. The smallest absolute Gasteiger partial charge is 0.325 e. The first-order valence-corrected chi connectivity index (χ1v) is 11.5. The van der Waals surface area contributed by atoms with Crippen molar-refractivity contribution in [2.24, 2.45) is 0 Å². The minimum atomic E-state index is -0.456. The van der Waals surface area contributed by atoms with Crippen molar-refractivity contribution in [2.75, 3.05) is 37.5 Å². The summed E-state index contributed by atoms with van der Waals surface area (Å²) in [6, 6.07) is 13.5. The summed E-state index contributed by atoms with van der Waals surface area (Å²) in [4.78, 5) is 45.9. The van der Waals surface area contributed by atoms with Crippen molar-refractivity contribution in [1.29, 1.82) is 0 Å². The lowest BCUT2D eigenvalue weighted by Gasteiger charge is -2.36. The maximum Gasteiger partial charge on any atom is 0.325 e. The second-order valence-electron chi connectivity index (χ2n) is 8.16. The third-order valence-electron chi connectivity index (χ3n) is 5.71. The van der Waals surface area contributed by atoms with E-state index in [1.54, 1.807) is 42.7 Å². The van der Waals surface area contributed by atoms with Gasteiger partial charge in [-0.3, -0.25) is 19.5 Å². The lowest BCUT2D eigenvalue weighted by Crippen LogP contribution is -2.51. The Bertz CT molecular complexity index is 1280. The predicted molar refractivity (Wildman–Crippen MR) is 136 cm³/mol. The maximum absolute atomic E-state index is 13.4. The van der Waals surface area contributed by atoms with E-state index in [9.17, 15) is 14.4 Å². The number of halogens is 1. The fraction of sp³-hybridized carbons (Fsp3) is 0.231. The van der Waals surface area contributed by atoms with Gasteiger partial charge in [-0.25, -0.2) is 4.79 Å². The van der Waals surface area contributed by atoms with Crippen LogP contribution in [0.4, 0.5) is 16.2 Å². The van der Waals surface area contributed by atoms with E-state index in [0.717, 1.165) is 11.1 Å². The number of ether oxygens (including phenoxy) is 2. The molecule has 0 fully saturated rings. The molecule has 0 atom stereocenters. The molecule has 0 aliphatic carbocycles. The molecular weight excluding hydrogens is 484 g/mol. The highest BCUT2D eigenvalue weighted by molar-refractivity contribution is 6.32. The van der Waals surface area contributed by atoms with Crippen LogP contribution in [0.3, 0.4) is 0 Å². The first-order chi connectivity index (χ1) is 17.4. The minimum Gasteiger partial charge on any atom is -0.495 e. The molecule has 186 valence electrons. The van der Waals surface area contributed by atoms with Crippen molar-refractivity contribution in [3.63, 3.8) is 0 Å². The molecule has 9 nitrogen and oxygen atoms in total. The third-order valence-corrected chi connectivity index (χ3v) is 6.01. The monoisotopic (exact) mass is 508 g/mol. The number of methoxy groups -OCH3 is 2. The summed E-state index contributed by atoms with van der Waals surface area (Å²) in [6.07, 6.45) is 3.43. The number of hydrogen-bond donors (Lipinski definition) is 1. The molecule has 1 aliphatic heterocycles. The third kappa shape index (κ3) is 5.58. The van der Waals surface area contributed by atoms with E-state index in [2.05, 4.69) is 10.3 Å². The van der Waals surface area contributed by atoms with Crippen LogP contribution in [0, 0.1) is 0 Å². The van der Waals surface area contributed by atoms with Crippen molar-refractivity contribution >= 4 is 40.7 Å². The van der Waals surface area contributed by atoms with Crippen molar-refractivity contribution in [3.8, 4) is 11.5 Å². The molecule has 0 saturated heterocycles. The Kier molecular flexibility index (Phi) is 7.70. The molecule has 3 aromatic rings. The number of nitrogens with zero attached hydrogens (tertiary/aromatic N) is 3. The molecule has 2 heterocycles. The average molecular weight is 509 g/mol. The van der Waals surface area contributed by atoms with Crippen LogP contribution in [0.15, 0.2) is 60.9 Å². The highest BCUT2D eigenvalue weighted by Gasteiger charge is 2.32. The summed E-state index contributed by atoms with van der Waals surface area (Å²) >= 11 is 6.21. The van der Waals surface area contributed by atoms with E-state index in [0.29, 0.717) is 27.9 Å². The molecule has 1 aliphatic rings. The van der Waals surface area contributed by atoms with Gasteiger partial charge in [-0.2, -0.15) is 0 Å². The Morgan fingerprint density at radius 2 is 1.75 bits per heavy atom. The number of carbonyl (C=O) groups excluding carboxylic acids is 3. The summed E-state index contributed by atoms with van der Waals surface area (Å²) < 4.78 is 10.5. The van der Waals surface area contributed by atoms with E-state index >= 15 is 0 Å². The zero-order chi connectivity index (χ0) is 25.7. The minimum absolute atomic E-state index is 0.0739. The van der Waals surface area contributed by atoms with Crippen LogP contribution in [0.5, 0.6) is 11.5 Å². The van der Waals surface area contributed by atoms with E-state index in [1.807, 2.05) is 12.1 Å². The largest absolute Gasteiger partial charge is 0.495 e. The van der Waals surface area contributed by atoms with Gasteiger partial charge in [0.15, 0.2) is 5.78 Å². The summed E-state index contributed by atoms with van der Waals surface area (Å²) in [5.41, 5.74) is 2.63. The SMILES string of the molecule is COc1cc(OC)c(NC(=O)CN2C(=O)N(CC(=O)Cc3ccncc3)Cc3ccccc32)cc1Cl. The zero-order valence-electron chi connectivity index (χ0n) is 19.9. The van der Waals surface area contributed by atoms with E-state index in [1.165, 1.54) is 30.1 Å². The average Bonchev–Trinajstić information content (AvgIpc) is 2.87. The van der Waals surface area contributed by atoms with Crippen molar-refractivity contribution in [1.82, 2.24) is 9.88 Å². The van der Waals surface area contributed by atoms with Crippen LogP contribution in [-0.2, 0) is 22.6 Å². The van der Waals surface area contributed by atoms with E-state index < -0.39 is 11.9 Å². The molecule has 36 heavy (non-hydrogen) atoms. The number of amides is 3. The number of benzene rings is 2. The number of hydrogen-bond acceptors (Lipinski definition) is 6. The fourth-order valence-corrected chi connectivity index (χ4v) is 4.26. The standard InChI is InChI=1S/C26H25ClN4O5/c1-35-23-13-24(36-2)21(12-20(23)27)29-25(33)16-31-22-6-4-3-5-18(22)14-30(26(31)34)15-19(32)11-17-7-9-28-10-8-17/h3-10,12-13H,11,14-16H2,1-2H3,(H,29,33). The molecule has 2 aromatic carbocycles. The van der Waals surface area contributed by atoms with Gasteiger partial charge in [0.2, 0.25) is 5.91 Å². The van der Waals surface area contributed by atoms with Gasteiger partial charge in [-0.05, 0) is 35.4 Å². The highest BCUT2D eigenvalue weighted by atomic mass is 35.5. The number of anilines is 2. The van der Waals surface area contributed by atoms with Gasteiger partial charge in [0.05, 0.1) is 37.2 Å². The molecule has 0 radical (unpaired) electrons. The number of rotatable bonds is 9. The van der Waals surface area contributed by atoms with Gasteiger partial charge < -0.3 is 19.7 Å². The summed E-state index contributed by atoms with van der Waals surface area (Å²) in [5, 5.41) is 3.05. The quantitative estimate of drug-likeness (QED) is 0.470. The van der Waals surface area contributed by atoms with E-state index in [4.69, 9.17) is 21.1 Å². The van der Waals surface area contributed by atoms with Crippen LogP contribution in [0.25, 0.3) is 0 Å². The van der Waals surface area contributed by atoms with Crippen LogP contribution in [-0.4, -0.2) is 54.9 Å². The van der Waals surface area contributed by atoms with Crippen LogP contribution < -0.4 is 19.7 Å². The first kappa shape index (κ1) is 25.0. The molecule has 10 heteroatoms. The number of nitrogens with one attached hydrogen (secondary N) is 1. The van der Waals surface area contributed by atoms with Gasteiger partial charge in [0.25, 0.3) is 0 Å². The summed E-state index contributed by atoms with van der Waals surface area (Å²) in [6.45, 7) is -0.0651. The topological polar surface area (TPSA) is 101 Å². The summed E-state index contributed by atoms with van der Waals surface area (Å²) in [5.74, 6) is 0.190. The summed E-state index contributed by atoms with van der Waals surface area (Å²) in [7, 11) is 2.94. The number of carbonyl (C=O) groups is 3. The number of urea groups is 1. The molecule has 1 N–H and O–H groups in total. The lowest BCUT2D eigenvalue weighted by molar-refractivity contribution is -0.119. The number of Topliss-reactive ketones (excluding diaryl/α,β-unsaturated/α-hetero) is 1. The van der Waals surface area contributed by atoms with Crippen LogP contribution in [0.2, 0.25) is 5.02 Å². The Morgan fingerprint density at radius 3 is 2.47 bits per heavy atom. The molecule has 0 saturated carbocycles. The Hall–Kier alpha value is -4.11. The van der Waals surface area contributed by atoms with Gasteiger partial charge in [0, 0.05) is 31.4 Å². The molecule has 0 bridgehead atoms. The maximum atomic E-state index is 13.4. The molecule has 4 rings (SSSR count). The van der Waals surface area contributed by atoms with Gasteiger partial charge in [-0.1, -0.05) is 29.8 Å². The molecule has 1 aromatic heterocycles. The van der Waals surface area contributed by atoms with Crippen LogP contribution >= 0.6 is 11.6 Å². The van der Waals surface area contributed by atoms with Gasteiger partial charge in [-0.15, -0.1) is 0 Å². The fourth-order valence-electron chi connectivity index (χ4n) is 4.02. The molecule has 0 unspecified atom stereocenters. The number of pyridine rings is 1. The Balaban J connectivity index is 1.51. The van der Waals surface area contributed by atoms with Gasteiger partial charge >= 0.3 is 6.03 Å². The highest BCUT2D eigenvalue weighted by Crippen LogP contribution is 2.36. The Morgan fingerprint density at radius 1 is 1.03 bits per heavy atom. The Labute approximate surface area is 213 Å². The number of fused-ring (bicyclic) bond motifs is 1. The van der Waals surface area contributed by atoms with Crippen molar-refractivity contribution in [3.05, 3.63) is 77.1 Å². The normalized spacial score (nSPS) is 12.7. The lowest BCUT2D eigenvalue weighted by atomic mass is 10.1. The predicted octanol–water partition coefficient (Wildman–Crippen LogP) is 3.94. The van der Waals surface area contributed by atoms with Crippen molar-refractivity contribution in [2.45, 2.75) is 13.0 Å². The van der Waals surface area contributed by atoms with E-state index in [-0.39, 0.29) is 31.8 Å². The number of para-hydroxylation sites is 1. The molecular formula is C26H25ClN4O5. The van der Waals surface area contributed by atoms with Crippen LogP contribution in [0.1, 0.15) is 11.1 Å². The number of aromatic nitrogens is 1. The zero-order valence-corrected chi connectivity index (χ0v) is 20.6. The second-order valence-corrected chi connectivity index (χ2v) is 8.57. The van der Waals surface area contributed by atoms with Crippen molar-refractivity contribution < 1.29 is 23.9 Å². The molecule has 3 amide bonds.